The quantitative estimate of drug-likeness (QED) is 0.754. The second-order valence-corrected chi connectivity index (χ2v) is 5.07. The molecule has 2 nitrogen and oxygen atoms in total. The van der Waals surface area contributed by atoms with Crippen LogP contribution < -0.4 is 0 Å². The van der Waals surface area contributed by atoms with Gasteiger partial charge in [-0.3, -0.25) is 0 Å². The molecule has 94 valence electrons. The molecule has 5 heteroatoms. The van der Waals surface area contributed by atoms with Gasteiger partial charge in [0.2, 0.25) is 0 Å². The Kier molecular flexibility index (Phi) is 3.97. The standard InChI is InChI=1S/C13H11BrClFN2/c1-3-9-7(2)17-13(18-12(9)14)10-5-4-8(15)6-11(10)16/h4-6H,3H2,1-2H3. The van der Waals surface area contributed by atoms with Crippen LogP contribution in [0, 0.1) is 12.7 Å². The molecule has 0 bridgehead atoms. The third kappa shape index (κ3) is 2.54. The molecular formula is C13H11BrClFN2. The molecule has 0 radical (unpaired) electrons. The third-order valence-electron chi connectivity index (χ3n) is 2.69. The number of nitrogens with zero attached hydrogens (tertiary/aromatic N) is 2. The molecule has 0 spiro atoms. The normalized spacial score (nSPS) is 10.7. The largest absolute Gasteiger partial charge is 0.233 e. The van der Waals surface area contributed by atoms with Crippen molar-refractivity contribution in [2.45, 2.75) is 20.3 Å². The summed E-state index contributed by atoms with van der Waals surface area (Å²) in [5.41, 5.74) is 2.24. The van der Waals surface area contributed by atoms with E-state index in [-0.39, 0.29) is 0 Å². The predicted molar refractivity (Wildman–Crippen MR) is 74.3 cm³/mol. The maximum absolute atomic E-state index is 13.8. The average molecular weight is 330 g/mol. The number of aromatic nitrogens is 2. The Morgan fingerprint density at radius 2 is 2.06 bits per heavy atom. The zero-order chi connectivity index (χ0) is 13.3. The minimum absolute atomic E-state index is 0.353. The summed E-state index contributed by atoms with van der Waals surface area (Å²) in [6, 6.07) is 4.47. The Morgan fingerprint density at radius 3 is 2.61 bits per heavy atom. The van der Waals surface area contributed by atoms with Crippen LogP contribution in [0.4, 0.5) is 4.39 Å². The highest BCUT2D eigenvalue weighted by Gasteiger charge is 2.13. The first-order valence-electron chi connectivity index (χ1n) is 5.51. The summed E-state index contributed by atoms with van der Waals surface area (Å²) < 4.78 is 14.5. The fraction of sp³-hybridized carbons (Fsp3) is 0.231. The minimum Gasteiger partial charge on any atom is -0.233 e. The highest BCUT2D eigenvalue weighted by molar-refractivity contribution is 9.10. The lowest BCUT2D eigenvalue weighted by Gasteiger charge is -2.08. The average Bonchev–Trinajstić information content (AvgIpc) is 2.28. The molecule has 0 atom stereocenters. The topological polar surface area (TPSA) is 25.8 Å². The van der Waals surface area contributed by atoms with Crippen LogP contribution in [-0.2, 0) is 6.42 Å². The molecule has 0 saturated carbocycles. The summed E-state index contributed by atoms with van der Waals surface area (Å²) in [5.74, 6) is -0.0520. The maximum atomic E-state index is 13.8. The van der Waals surface area contributed by atoms with Crippen LogP contribution in [0.5, 0.6) is 0 Å². The third-order valence-corrected chi connectivity index (χ3v) is 3.58. The smallest absolute Gasteiger partial charge is 0.163 e. The SMILES string of the molecule is CCc1c(C)nc(-c2ccc(Cl)cc2F)nc1Br. The van der Waals surface area contributed by atoms with Crippen LogP contribution in [0.15, 0.2) is 22.8 Å². The van der Waals surface area contributed by atoms with E-state index in [0.29, 0.717) is 21.0 Å². The van der Waals surface area contributed by atoms with Crippen molar-refractivity contribution in [3.05, 3.63) is 44.9 Å². The van der Waals surface area contributed by atoms with Gasteiger partial charge in [0.15, 0.2) is 5.82 Å². The Balaban J connectivity index is 2.58. The van der Waals surface area contributed by atoms with Crippen molar-refractivity contribution in [3.63, 3.8) is 0 Å². The molecule has 2 rings (SSSR count). The number of rotatable bonds is 2. The van der Waals surface area contributed by atoms with Crippen molar-refractivity contribution < 1.29 is 4.39 Å². The van der Waals surface area contributed by atoms with Crippen LogP contribution in [-0.4, -0.2) is 9.97 Å². The van der Waals surface area contributed by atoms with E-state index in [9.17, 15) is 4.39 Å². The molecule has 0 aliphatic carbocycles. The van der Waals surface area contributed by atoms with E-state index < -0.39 is 5.82 Å². The van der Waals surface area contributed by atoms with Crippen LogP contribution >= 0.6 is 27.5 Å². The van der Waals surface area contributed by atoms with Gasteiger partial charge in [-0.1, -0.05) is 18.5 Å². The van der Waals surface area contributed by atoms with Gasteiger partial charge in [0, 0.05) is 16.3 Å². The monoisotopic (exact) mass is 328 g/mol. The molecule has 0 unspecified atom stereocenters. The van der Waals surface area contributed by atoms with Gasteiger partial charge < -0.3 is 0 Å². The van der Waals surface area contributed by atoms with Gasteiger partial charge in [0.25, 0.3) is 0 Å². The van der Waals surface area contributed by atoms with Crippen LogP contribution in [0.3, 0.4) is 0 Å². The molecule has 2 aromatic rings. The summed E-state index contributed by atoms with van der Waals surface area (Å²) in [5, 5.41) is 0.359. The van der Waals surface area contributed by atoms with E-state index in [1.54, 1.807) is 12.1 Å². The maximum Gasteiger partial charge on any atom is 0.163 e. The molecule has 0 aliphatic heterocycles. The van der Waals surface area contributed by atoms with Crippen molar-refractivity contribution in [2.75, 3.05) is 0 Å². The molecule has 0 N–H and O–H groups in total. The number of benzene rings is 1. The van der Waals surface area contributed by atoms with Crippen molar-refractivity contribution >= 4 is 27.5 Å². The first-order valence-corrected chi connectivity index (χ1v) is 6.68. The lowest BCUT2D eigenvalue weighted by atomic mass is 10.1. The fourth-order valence-corrected chi connectivity index (χ4v) is 2.65. The van der Waals surface area contributed by atoms with Gasteiger partial charge in [0.1, 0.15) is 10.4 Å². The molecular weight excluding hydrogens is 319 g/mol. The molecule has 18 heavy (non-hydrogen) atoms. The zero-order valence-corrected chi connectivity index (χ0v) is 12.3. The van der Waals surface area contributed by atoms with Gasteiger partial charge in [0.05, 0.1) is 5.56 Å². The molecule has 1 heterocycles. The lowest BCUT2D eigenvalue weighted by Crippen LogP contribution is -2.00. The highest BCUT2D eigenvalue weighted by atomic mass is 79.9. The summed E-state index contributed by atoms with van der Waals surface area (Å²) in [6.07, 6.45) is 0.829. The second kappa shape index (κ2) is 5.33. The zero-order valence-electron chi connectivity index (χ0n) is 9.97. The molecule has 0 amide bonds. The molecule has 1 aromatic carbocycles. The molecule has 0 saturated heterocycles. The van der Waals surface area contributed by atoms with Crippen molar-refractivity contribution in [2.24, 2.45) is 0 Å². The van der Waals surface area contributed by atoms with E-state index >= 15 is 0 Å². The Bertz CT molecular complexity index is 579. The first kappa shape index (κ1) is 13.4. The number of aryl methyl sites for hydroxylation is 1. The fourth-order valence-electron chi connectivity index (χ4n) is 1.75. The van der Waals surface area contributed by atoms with Crippen molar-refractivity contribution in [1.29, 1.82) is 0 Å². The van der Waals surface area contributed by atoms with Crippen LogP contribution in [0.2, 0.25) is 5.02 Å². The van der Waals surface area contributed by atoms with Gasteiger partial charge in [-0.05, 0) is 47.5 Å². The van der Waals surface area contributed by atoms with Gasteiger partial charge in [-0.25, -0.2) is 14.4 Å². The Labute approximate surface area is 118 Å². The van der Waals surface area contributed by atoms with Crippen molar-refractivity contribution in [3.8, 4) is 11.4 Å². The van der Waals surface area contributed by atoms with Gasteiger partial charge >= 0.3 is 0 Å². The first-order chi connectivity index (χ1) is 8.52. The van der Waals surface area contributed by atoms with E-state index in [1.807, 2.05) is 13.8 Å². The number of hydrogen-bond donors (Lipinski definition) is 0. The predicted octanol–water partition coefficient (Wildman–Crippen LogP) is 4.57. The summed E-state index contributed by atoms with van der Waals surface area (Å²) in [6.45, 7) is 3.92. The molecule has 1 aromatic heterocycles. The summed E-state index contributed by atoms with van der Waals surface area (Å²) >= 11 is 9.12. The van der Waals surface area contributed by atoms with Gasteiger partial charge in [-0.15, -0.1) is 0 Å². The van der Waals surface area contributed by atoms with E-state index in [0.717, 1.165) is 17.7 Å². The molecule has 0 fully saturated rings. The minimum atomic E-state index is -0.418. The lowest BCUT2D eigenvalue weighted by molar-refractivity contribution is 0.630. The summed E-state index contributed by atoms with van der Waals surface area (Å²) in [7, 11) is 0. The Morgan fingerprint density at radius 1 is 1.33 bits per heavy atom. The van der Waals surface area contributed by atoms with Crippen LogP contribution in [0.1, 0.15) is 18.2 Å². The van der Waals surface area contributed by atoms with E-state index in [2.05, 4.69) is 25.9 Å². The van der Waals surface area contributed by atoms with Crippen molar-refractivity contribution in [1.82, 2.24) is 9.97 Å². The van der Waals surface area contributed by atoms with E-state index in [4.69, 9.17) is 11.6 Å². The van der Waals surface area contributed by atoms with Crippen LogP contribution in [0.25, 0.3) is 11.4 Å². The summed E-state index contributed by atoms with van der Waals surface area (Å²) in [4.78, 5) is 8.63. The Hall–Kier alpha value is -1.00. The van der Waals surface area contributed by atoms with Gasteiger partial charge in [-0.2, -0.15) is 0 Å². The number of halogens is 3. The number of hydrogen-bond acceptors (Lipinski definition) is 2. The second-order valence-electron chi connectivity index (χ2n) is 3.88. The van der Waals surface area contributed by atoms with E-state index in [1.165, 1.54) is 6.07 Å². The molecule has 0 aliphatic rings. The highest BCUT2D eigenvalue weighted by Crippen LogP contribution is 2.26.